The molecule has 5 nitrogen and oxygen atoms in total. The Balaban J connectivity index is 1.38. The van der Waals surface area contributed by atoms with Crippen LogP contribution in [0, 0.1) is 11.8 Å². The van der Waals surface area contributed by atoms with E-state index in [1.165, 1.54) is 29.2 Å². The summed E-state index contributed by atoms with van der Waals surface area (Å²) in [5, 5.41) is 15.7. The van der Waals surface area contributed by atoms with Crippen molar-refractivity contribution in [3.63, 3.8) is 0 Å². The number of quaternary nitrogens is 1. The number of para-hydroxylation sites is 2. The smallest absolute Gasteiger partial charge is 0.131 e. The molecule has 5 heteroatoms. The Kier molecular flexibility index (Phi) is 6.02. The number of hydrogen-bond donors (Lipinski definition) is 1. The molecule has 2 bridgehead atoms. The molecule has 3 aliphatic rings. The summed E-state index contributed by atoms with van der Waals surface area (Å²) in [6.07, 6.45) is 4.73. The van der Waals surface area contributed by atoms with Gasteiger partial charge in [0.2, 0.25) is 0 Å². The number of piperidine rings is 3. The Morgan fingerprint density at radius 1 is 0.949 bits per heavy atom. The second-order valence-electron chi connectivity index (χ2n) is 11.7. The van der Waals surface area contributed by atoms with Gasteiger partial charge in [0.1, 0.15) is 24.4 Å². The molecule has 1 N–H and O–H groups in total. The SMILES string of the molecule is CCC1C[N+]2(Cc3c4ccccc4nc4ccccc34)CCC1CC2C(O)c1ccnc2ccc(OC)cc12. The molecule has 3 aromatic carbocycles. The van der Waals surface area contributed by atoms with E-state index >= 15 is 0 Å². The van der Waals surface area contributed by atoms with Crippen LogP contribution in [-0.4, -0.2) is 45.8 Å². The number of rotatable bonds is 6. The summed E-state index contributed by atoms with van der Waals surface area (Å²) in [5.74, 6) is 2.15. The first-order valence-corrected chi connectivity index (χ1v) is 14.3. The lowest BCUT2D eigenvalue weighted by Gasteiger charge is -2.58. The summed E-state index contributed by atoms with van der Waals surface area (Å²) in [5.41, 5.74) is 5.32. The Morgan fingerprint density at radius 2 is 1.69 bits per heavy atom. The lowest BCUT2D eigenvalue weighted by molar-refractivity contribution is -0.985. The minimum Gasteiger partial charge on any atom is -0.497 e. The van der Waals surface area contributed by atoms with Crippen LogP contribution in [0.15, 0.2) is 79.0 Å². The van der Waals surface area contributed by atoms with E-state index in [9.17, 15) is 5.11 Å². The topological polar surface area (TPSA) is 55.2 Å². The van der Waals surface area contributed by atoms with Crippen LogP contribution < -0.4 is 4.74 Å². The summed E-state index contributed by atoms with van der Waals surface area (Å²) in [7, 11) is 1.69. The molecule has 3 aliphatic heterocycles. The van der Waals surface area contributed by atoms with Crippen molar-refractivity contribution in [1.82, 2.24) is 9.97 Å². The lowest BCUT2D eigenvalue weighted by atomic mass is 9.70. The Labute approximate surface area is 229 Å². The molecule has 5 aromatic rings. The quantitative estimate of drug-likeness (QED) is 0.198. The van der Waals surface area contributed by atoms with Crippen LogP contribution >= 0.6 is 0 Å². The van der Waals surface area contributed by atoms with Gasteiger partial charge in [0.25, 0.3) is 0 Å². The van der Waals surface area contributed by atoms with Gasteiger partial charge < -0.3 is 14.3 Å². The highest BCUT2D eigenvalue weighted by Crippen LogP contribution is 2.49. The van der Waals surface area contributed by atoms with Gasteiger partial charge >= 0.3 is 0 Å². The Hall–Kier alpha value is -3.54. The predicted molar refractivity (Wildman–Crippen MR) is 156 cm³/mol. The first-order chi connectivity index (χ1) is 19.1. The fourth-order valence-electron chi connectivity index (χ4n) is 7.81. The predicted octanol–water partition coefficient (Wildman–Crippen LogP) is 6.81. The van der Waals surface area contributed by atoms with E-state index in [-0.39, 0.29) is 6.04 Å². The number of aliphatic hydroxyl groups excluding tert-OH is 1. The van der Waals surface area contributed by atoms with E-state index in [4.69, 9.17) is 9.72 Å². The molecule has 2 aromatic heterocycles. The van der Waals surface area contributed by atoms with E-state index in [1.807, 2.05) is 30.5 Å². The van der Waals surface area contributed by atoms with Gasteiger partial charge in [-0.25, -0.2) is 4.98 Å². The third-order valence-electron chi connectivity index (χ3n) is 9.82. The van der Waals surface area contributed by atoms with Crippen molar-refractivity contribution in [2.24, 2.45) is 11.8 Å². The van der Waals surface area contributed by atoms with Gasteiger partial charge in [-0.2, -0.15) is 0 Å². The fourth-order valence-corrected chi connectivity index (χ4v) is 7.81. The number of fused-ring (bicyclic) bond motifs is 6. The van der Waals surface area contributed by atoms with Crippen molar-refractivity contribution >= 4 is 32.7 Å². The van der Waals surface area contributed by atoms with E-state index in [1.54, 1.807) is 7.11 Å². The van der Waals surface area contributed by atoms with Gasteiger partial charge in [0.15, 0.2) is 0 Å². The molecule has 0 aliphatic carbocycles. The van der Waals surface area contributed by atoms with Crippen LogP contribution in [-0.2, 0) is 6.54 Å². The number of ether oxygens (including phenoxy) is 1. The van der Waals surface area contributed by atoms with E-state index in [2.05, 4.69) is 60.4 Å². The zero-order valence-corrected chi connectivity index (χ0v) is 22.8. The van der Waals surface area contributed by atoms with Crippen molar-refractivity contribution in [2.45, 2.75) is 44.9 Å². The van der Waals surface area contributed by atoms with E-state index in [0.717, 1.165) is 63.8 Å². The maximum Gasteiger partial charge on any atom is 0.131 e. The Morgan fingerprint density at radius 3 is 2.41 bits per heavy atom. The molecule has 5 heterocycles. The standard InChI is InChI=1S/C34H36N3O2/c1-3-22-20-37(21-29-25-8-4-6-10-31(25)36-32-11-7-5-9-26(29)32)17-15-23(22)18-33(37)34(38)27-14-16-35-30-13-12-24(39-2)19-28(27)30/h4-14,16,19,22-23,33-34,38H,3,15,17-18,20-21H2,1-2H3/q+1. The molecule has 5 unspecified atom stereocenters. The molecule has 39 heavy (non-hydrogen) atoms. The van der Waals surface area contributed by atoms with Crippen molar-refractivity contribution in [3.8, 4) is 5.75 Å². The number of nitrogens with zero attached hydrogens (tertiary/aromatic N) is 3. The first-order valence-electron chi connectivity index (χ1n) is 14.3. The molecule has 0 spiro atoms. The highest BCUT2D eigenvalue weighted by atomic mass is 16.5. The van der Waals surface area contributed by atoms with Crippen molar-refractivity contribution in [3.05, 3.63) is 90.1 Å². The molecule has 0 amide bonds. The Bertz CT molecular complexity index is 1630. The maximum absolute atomic E-state index is 12.3. The third kappa shape index (κ3) is 3.98. The van der Waals surface area contributed by atoms with Crippen LogP contribution in [0.5, 0.6) is 5.75 Å². The fraction of sp³-hybridized carbons (Fsp3) is 0.353. The number of methoxy groups -OCH3 is 1. The van der Waals surface area contributed by atoms with Gasteiger partial charge in [-0.05, 0) is 54.3 Å². The molecule has 3 saturated heterocycles. The van der Waals surface area contributed by atoms with E-state index in [0.29, 0.717) is 11.8 Å². The number of aliphatic hydroxyl groups is 1. The van der Waals surface area contributed by atoms with Crippen LogP contribution in [0.25, 0.3) is 32.7 Å². The molecule has 3 fully saturated rings. The van der Waals surface area contributed by atoms with E-state index < -0.39 is 6.10 Å². The zero-order valence-electron chi connectivity index (χ0n) is 22.8. The highest BCUT2D eigenvalue weighted by Gasteiger charge is 2.54. The van der Waals surface area contributed by atoms with Gasteiger partial charge in [-0.15, -0.1) is 0 Å². The van der Waals surface area contributed by atoms with Crippen LogP contribution in [0.3, 0.4) is 0 Å². The molecule has 0 saturated carbocycles. The van der Waals surface area contributed by atoms with Crippen LogP contribution in [0.1, 0.15) is 43.4 Å². The van der Waals surface area contributed by atoms with Crippen molar-refractivity contribution in [2.75, 3.05) is 20.2 Å². The van der Waals surface area contributed by atoms with Crippen molar-refractivity contribution in [1.29, 1.82) is 0 Å². The first kappa shape index (κ1) is 24.5. The molecule has 8 rings (SSSR count). The second kappa shape index (κ2) is 9.58. The monoisotopic (exact) mass is 518 g/mol. The molecule has 198 valence electrons. The molecule has 0 radical (unpaired) electrons. The largest absolute Gasteiger partial charge is 0.497 e. The highest BCUT2D eigenvalue weighted by molar-refractivity contribution is 5.97. The van der Waals surface area contributed by atoms with Crippen molar-refractivity contribution < 1.29 is 14.3 Å². The average Bonchev–Trinajstić information content (AvgIpc) is 3.00. The minimum absolute atomic E-state index is 0.119. The normalized spacial score (nSPS) is 25.4. The number of benzene rings is 3. The van der Waals surface area contributed by atoms with Gasteiger partial charge in [-0.1, -0.05) is 43.3 Å². The minimum atomic E-state index is -0.581. The molecule has 5 atom stereocenters. The van der Waals surface area contributed by atoms with Gasteiger partial charge in [0, 0.05) is 46.7 Å². The van der Waals surface area contributed by atoms with Crippen LogP contribution in [0.4, 0.5) is 0 Å². The zero-order chi connectivity index (χ0) is 26.6. The number of hydrogen-bond acceptors (Lipinski definition) is 4. The summed E-state index contributed by atoms with van der Waals surface area (Å²) in [4.78, 5) is 9.59. The number of aromatic nitrogens is 2. The summed E-state index contributed by atoms with van der Waals surface area (Å²) < 4.78 is 6.46. The average molecular weight is 519 g/mol. The van der Waals surface area contributed by atoms with Gasteiger partial charge in [-0.3, -0.25) is 4.98 Å². The second-order valence-corrected chi connectivity index (χ2v) is 11.7. The van der Waals surface area contributed by atoms with Crippen LogP contribution in [0.2, 0.25) is 0 Å². The maximum atomic E-state index is 12.3. The molecular weight excluding hydrogens is 482 g/mol. The summed E-state index contributed by atoms with van der Waals surface area (Å²) in [6, 6.07) is 25.2. The molecular formula is C34H36N3O2+. The third-order valence-corrected chi connectivity index (χ3v) is 9.82. The summed E-state index contributed by atoms with van der Waals surface area (Å²) >= 11 is 0. The summed E-state index contributed by atoms with van der Waals surface area (Å²) in [6.45, 7) is 5.45. The number of pyridine rings is 2. The lowest BCUT2D eigenvalue weighted by Crippen LogP contribution is -2.67. The van der Waals surface area contributed by atoms with Gasteiger partial charge in [0.05, 0.1) is 36.7 Å².